The minimum atomic E-state index is -1.66. The summed E-state index contributed by atoms with van der Waals surface area (Å²) in [5.74, 6) is -2.05. The first-order chi connectivity index (χ1) is 13.3. The van der Waals surface area contributed by atoms with E-state index in [1.165, 1.54) is 7.11 Å². The minimum absolute atomic E-state index is 0.172. The third kappa shape index (κ3) is 3.53. The van der Waals surface area contributed by atoms with Crippen LogP contribution < -0.4 is 0 Å². The summed E-state index contributed by atoms with van der Waals surface area (Å²) in [5.41, 5.74) is -1.43. The van der Waals surface area contributed by atoms with E-state index in [0.717, 1.165) is 6.26 Å². The van der Waals surface area contributed by atoms with E-state index < -0.39 is 73.6 Å². The molecule has 0 aromatic heterocycles. The Morgan fingerprint density at radius 1 is 1.21 bits per heavy atom. The second-order valence-electron chi connectivity index (χ2n) is 7.34. The number of aliphatic hydroxyl groups excluding tert-OH is 5. The first-order valence-corrected chi connectivity index (χ1v) is 9.00. The number of hydrogen-bond donors (Lipinski definition) is 6. The average Bonchev–Trinajstić information content (AvgIpc) is 3.06. The van der Waals surface area contributed by atoms with Crippen LogP contribution in [0.2, 0.25) is 0 Å². The number of carbonyl (C=O) groups excluding carboxylic acids is 1. The van der Waals surface area contributed by atoms with Crippen molar-refractivity contribution < 1.29 is 54.4 Å². The van der Waals surface area contributed by atoms with Gasteiger partial charge < -0.3 is 49.6 Å². The molecule has 0 aromatic carbocycles. The Bertz CT molecular complexity index is 608. The number of methoxy groups -OCH3 is 1. The summed E-state index contributed by atoms with van der Waals surface area (Å²) >= 11 is 0. The maximum Gasteiger partial charge on any atom is 0.337 e. The van der Waals surface area contributed by atoms with Crippen LogP contribution in [0.15, 0.2) is 11.8 Å². The third-order valence-electron chi connectivity index (χ3n) is 5.78. The molecule has 160 valence electrons. The normalized spacial score (nSPS) is 45.8. The van der Waals surface area contributed by atoms with Gasteiger partial charge in [-0.1, -0.05) is 0 Å². The van der Waals surface area contributed by atoms with Crippen LogP contribution in [0.5, 0.6) is 0 Å². The Hall–Kier alpha value is -1.31. The monoisotopic (exact) mass is 406 g/mol. The Labute approximate surface area is 160 Å². The molecule has 3 aliphatic rings. The summed E-state index contributed by atoms with van der Waals surface area (Å²) in [6.07, 6.45) is -7.07. The van der Waals surface area contributed by atoms with Crippen LogP contribution in [-0.2, 0) is 23.7 Å². The molecule has 2 fully saturated rings. The van der Waals surface area contributed by atoms with Gasteiger partial charge in [0, 0.05) is 5.92 Å². The number of fused-ring (bicyclic) bond motifs is 1. The second kappa shape index (κ2) is 8.20. The standard InChI is InChI=1S/C17H26O11/c1-25-14(23)8-5-26-15(10-7(8)2-3-17(10,24)6-19)28-16-13(22)12(21)11(20)9(4-18)27-16/h5,7,9-13,15-16,18-22,24H,2-4,6H2,1H3. The van der Waals surface area contributed by atoms with Gasteiger partial charge in [-0.05, 0) is 12.8 Å². The fraction of sp³-hybridized carbons (Fsp3) is 0.824. The van der Waals surface area contributed by atoms with Crippen LogP contribution in [0, 0.1) is 11.8 Å². The van der Waals surface area contributed by atoms with Gasteiger partial charge in [0.1, 0.15) is 24.4 Å². The van der Waals surface area contributed by atoms with Gasteiger partial charge in [-0.15, -0.1) is 0 Å². The Kier molecular flexibility index (Phi) is 6.27. The van der Waals surface area contributed by atoms with Crippen molar-refractivity contribution in [1.29, 1.82) is 0 Å². The lowest BCUT2D eigenvalue weighted by atomic mass is 9.80. The highest BCUT2D eigenvalue weighted by molar-refractivity contribution is 5.89. The third-order valence-corrected chi connectivity index (χ3v) is 5.78. The summed E-state index contributed by atoms with van der Waals surface area (Å²) < 4.78 is 21.1. The second-order valence-corrected chi connectivity index (χ2v) is 7.34. The molecule has 0 aromatic rings. The van der Waals surface area contributed by atoms with E-state index >= 15 is 0 Å². The minimum Gasteiger partial charge on any atom is -0.471 e. The molecule has 0 radical (unpaired) electrons. The van der Waals surface area contributed by atoms with E-state index in [-0.39, 0.29) is 12.0 Å². The van der Waals surface area contributed by atoms with E-state index in [1.54, 1.807) is 0 Å². The summed E-state index contributed by atoms with van der Waals surface area (Å²) in [5, 5.41) is 59.7. The van der Waals surface area contributed by atoms with E-state index in [1.807, 2.05) is 0 Å². The van der Waals surface area contributed by atoms with Gasteiger partial charge in [0.05, 0.1) is 43.7 Å². The van der Waals surface area contributed by atoms with Crippen molar-refractivity contribution in [3.8, 4) is 0 Å². The predicted molar refractivity (Wildman–Crippen MR) is 88.1 cm³/mol. The van der Waals surface area contributed by atoms with Crippen molar-refractivity contribution >= 4 is 5.97 Å². The molecular weight excluding hydrogens is 380 g/mol. The van der Waals surface area contributed by atoms with Crippen LogP contribution >= 0.6 is 0 Å². The molecule has 0 spiro atoms. The molecule has 3 rings (SSSR count). The molecular formula is C17H26O11. The summed E-state index contributed by atoms with van der Waals surface area (Å²) in [6.45, 7) is -1.24. The Balaban J connectivity index is 1.84. The quantitative estimate of drug-likeness (QED) is 0.256. The van der Waals surface area contributed by atoms with Crippen molar-refractivity contribution in [2.75, 3.05) is 20.3 Å². The molecule has 28 heavy (non-hydrogen) atoms. The maximum atomic E-state index is 12.0. The first-order valence-electron chi connectivity index (χ1n) is 9.00. The number of aliphatic hydroxyl groups is 6. The molecule has 2 heterocycles. The zero-order valence-electron chi connectivity index (χ0n) is 15.2. The Morgan fingerprint density at radius 3 is 2.54 bits per heavy atom. The molecule has 1 saturated heterocycles. The topological polar surface area (TPSA) is 175 Å². The summed E-state index contributed by atoms with van der Waals surface area (Å²) in [6, 6.07) is 0. The number of hydrogen-bond acceptors (Lipinski definition) is 11. The lowest BCUT2D eigenvalue weighted by Crippen LogP contribution is -2.61. The molecule has 6 N–H and O–H groups in total. The van der Waals surface area contributed by atoms with E-state index in [9.17, 15) is 35.4 Å². The highest BCUT2D eigenvalue weighted by atomic mass is 16.8. The van der Waals surface area contributed by atoms with E-state index in [4.69, 9.17) is 18.9 Å². The maximum absolute atomic E-state index is 12.0. The average molecular weight is 406 g/mol. The first kappa shape index (κ1) is 21.4. The molecule has 0 amide bonds. The van der Waals surface area contributed by atoms with Crippen molar-refractivity contribution in [2.45, 2.75) is 55.4 Å². The molecule has 11 heteroatoms. The fourth-order valence-electron chi connectivity index (χ4n) is 4.16. The smallest absolute Gasteiger partial charge is 0.337 e. The van der Waals surface area contributed by atoms with E-state index in [2.05, 4.69) is 0 Å². The SMILES string of the molecule is COC(=O)C1=COC(OC2OC(CO)C(O)C(O)C2O)C2C1CCC2(O)CO. The van der Waals surface area contributed by atoms with Crippen LogP contribution in [0.3, 0.4) is 0 Å². The number of ether oxygens (including phenoxy) is 4. The molecule has 11 nitrogen and oxygen atoms in total. The highest BCUT2D eigenvalue weighted by Gasteiger charge is 2.57. The number of esters is 1. The predicted octanol–water partition coefficient (Wildman–Crippen LogP) is -3.03. The summed E-state index contributed by atoms with van der Waals surface area (Å²) in [7, 11) is 1.21. The lowest BCUT2D eigenvalue weighted by molar-refractivity contribution is -0.347. The molecule has 1 aliphatic carbocycles. The van der Waals surface area contributed by atoms with Crippen molar-refractivity contribution in [2.24, 2.45) is 11.8 Å². The number of rotatable bonds is 5. The molecule has 0 bridgehead atoms. The van der Waals surface area contributed by atoms with Gasteiger partial charge in [-0.25, -0.2) is 4.79 Å². The van der Waals surface area contributed by atoms with E-state index in [0.29, 0.717) is 6.42 Å². The van der Waals surface area contributed by atoms with Crippen LogP contribution in [0.1, 0.15) is 12.8 Å². The van der Waals surface area contributed by atoms with Crippen molar-refractivity contribution in [3.63, 3.8) is 0 Å². The Morgan fingerprint density at radius 2 is 1.93 bits per heavy atom. The van der Waals surface area contributed by atoms with Gasteiger partial charge in [0.2, 0.25) is 6.29 Å². The van der Waals surface area contributed by atoms with Crippen LogP contribution in [0.25, 0.3) is 0 Å². The molecule has 1 saturated carbocycles. The number of carbonyl (C=O) groups is 1. The van der Waals surface area contributed by atoms with Gasteiger partial charge in [0.15, 0.2) is 6.29 Å². The van der Waals surface area contributed by atoms with Crippen LogP contribution in [0.4, 0.5) is 0 Å². The van der Waals surface area contributed by atoms with Gasteiger partial charge >= 0.3 is 5.97 Å². The zero-order valence-corrected chi connectivity index (χ0v) is 15.2. The molecule has 9 unspecified atom stereocenters. The lowest BCUT2D eigenvalue weighted by Gasteiger charge is -2.44. The zero-order chi connectivity index (χ0) is 20.6. The van der Waals surface area contributed by atoms with Crippen LogP contribution in [-0.4, -0.2) is 99.5 Å². The summed E-state index contributed by atoms with van der Waals surface area (Å²) in [4.78, 5) is 12.0. The van der Waals surface area contributed by atoms with Gasteiger partial charge in [0.25, 0.3) is 0 Å². The molecule has 2 aliphatic heterocycles. The largest absolute Gasteiger partial charge is 0.471 e. The fourth-order valence-corrected chi connectivity index (χ4v) is 4.16. The van der Waals surface area contributed by atoms with Crippen molar-refractivity contribution in [1.82, 2.24) is 0 Å². The van der Waals surface area contributed by atoms with Gasteiger partial charge in [-0.3, -0.25) is 0 Å². The highest BCUT2D eigenvalue weighted by Crippen LogP contribution is 2.49. The van der Waals surface area contributed by atoms with Crippen molar-refractivity contribution in [3.05, 3.63) is 11.8 Å². The van der Waals surface area contributed by atoms with Gasteiger partial charge in [-0.2, -0.15) is 0 Å². The molecule has 9 atom stereocenters.